The third kappa shape index (κ3) is 11.6. The zero-order valence-electron chi connectivity index (χ0n) is 37.3. The Balaban J connectivity index is 1.35. The Morgan fingerprint density at radius 1 is 0.757 bits per heavy atom. The van der Waals surface area contributed by atoms with Gasteiger partial charge in [-0.15, -0.1) is 20.5 Å². The summed E-state index contributed by atoms with van der Waals surface area (Å²) in [6, 6.07) is 30.7. The molecular formula is C48H40Cl2N10O7S3. The van der Waals surface area contributed by atoms with Gasteiger partial charge in [0.25, 0.3) is 20.2 Å². The Kier molecular flexibility index (Phi) is 15.7. The Labute approximate surface area is 417 Å². The molecule has 0 fully saturated rings. The molecule has 22 heteroatoms. The average Bonchev–Trinajstić information content (AvgIpc) is 3.68. The summed E-state index contributed by atoms with van der Waals surface area (Å²) >= 11 is 13.2. The number of anilines is 5. The van der Waals surface area contributed by atoms with Gasteiger partial charge in [0.05, 0.1) is 16.3 Å². The molecule has 0 saturated carbocycles. The molecule has 5 N–H and O–H groups in total. The number of fused-ring (bicyclic) bond motifs is 1. The molecule has 5 aromatic carbocycles. The third-order valence-corrected chi connectivity index (χ3v) is 14.4. The van der Waals surface area contributed by atoms with Crippen LogP contribution >= 0.6 is 34.5 Å². The summed E-state index contributed by atoms with van der Waals surface area (Å²) in [4.78, 5) is 17.0. The average molecular weight is 1040 g/mol. The van der Waals surface area contributed by atoms with E-state index in [2.05, 4.69) is 60.5 Å². The zero-order chi connectivity index (χ0) is 50.3. The SMILES string of the molecule is CCCCC(CC)C(=O)Nc1ccc(-c2c(N=Nc3ccc4cccc(S(=O)(=O)O)c4c3)sc(N=Nc3c(Nc4ccc(Cl)cc4)nc(Nc4ccc(Cl)c(S(=O)(=O)O)c4)c(C#N)c3C)c2C#N)cc1. The van der Waals surface area contributed by atoms with Gasteiger partial charge in [-0.25, -0.2) is 4.98 Å². The summed E-state index contributed by atoms with van der Waals surface area (Å²) in [5, 5.41) is 49.6. The van der Waals surface area contributed by atoms with Gasteiger partial charge in [-0.1, -0.05) is 91.6 Å². The number of pyridine rings is 1. The summed E-state index contributed by atoms with van der Waals surface area (Å²) < 4.78 is 68.3. The van der Waals surface area contributed by atoms with Crippen molar-refractivity contribution in [3.8, 4) is 23.3 Å². The monoisotopic (exact) mass is 1030 g/mol. The van der Waals surface area contributed by atoms with E-state index in [1.54, 1.807) is 73.7 Å². The van der Waals surface area contributed by atoms with Crippen LogP contribution in [0.3, 0.4) is 0 Å². The summed E-state index contributed by atoms with van der Waals surface area (Å²) in [7, 11) is -9.31. The van der Waals surface area contributed by atoms with Crippen molar-refractivity contribution in [3.63, 3.8) is 0 Å². The maximum Gasteiger partial charge on any atom is 0.296 e. The fourth-order valence-electron chi connectivity index (χ4n) is 7.29. The molecule has 1 amide bonds. The van der Waals surface area contributed by atoms with Crippen molar-refractivity contribution in [1.82, 2.24) is 4.98 Å². The normalized spacial score (nSPS) is 12.2. The van der Waals surface area contributed by atoms with Crippen molar-refractivity contribution in [2.24, 2.45) is 26.4 Å². The van der Waals surface area contributed by atoms with Gasteiger partial charge in [-0.2, -0.15) is 27.4 Å². The molecule has 0 aliphatic rings. The van der Waals surface area contributed by atoms with E-state index in [4.69, 9.17) is 23.2 Å². The van der Waals surface area contributed by atoms with Crippen molar-refractivity contribution in [2.75, 3.05) is 16.0 Å². The quantitative estimate of drug-likeness (QED) is 0.0421. The van der Waals surface area contributed by atoms with Gasteiger partial charge in [-0.3, -0.25) is 13.9 Å². The lowest BCUT2D eigenvalue weighted by molar-refractivity contribution is -0.120. The van der Waals surface area contributed by atoms with Crippen LogP contribution in [0, 0.1) is 35.5 Å². The van der Waals surface area contributed by atoms with Gasteiger partial charge < -0.3 is 16.0 Å². The number of carbonyl (C=O) groups excluding carboxylic acids is 1. The molecule has 0 bridgehead atoms. The van der Waals surface area contributed by atoms with Gasteiger partial charge in [0, 0.05) is 44.5 Å². The van der Waals surface area contributed by atoms with Crippen molar-refractivity contribution in [2.45, 2.75) is 56.2 Å². The molecule has 0 spiro atoms. The van der Waals surface area contributed by atoms with Gasteiger partial charge >= 0.3 is 0 Å². The van der Waals surface area contributed by atoms with Crippen molar-refractivity contribution >= 4 is 122 Å². The number of amides is 1. The maximum atomic E-state index is 13.2. The van der Waals surface area contributed by atoms with E-state index in [0.29, 0.717) is 39.3 Å². The van der Waals surface area contributed by atoms with Gasteiger partial charge in [0.15, 0.2) is 16.6 Å². The molecule has 7 aromatic rings. The highest BCUT2D eigenvalue weighted by Crippen LogP contribution is 2.49. The number of thiophene rings is 1. The minimum absolute atomic E-state index is 0.0174. The number of nitrogens with one attached hydrogen (secondary N) is 3. The van der Waals surface area contributed by atoms with Crippen LogP contribution in [0.2, 0.25) is 10.0 Å². The third-order valence-electron chi connectivity index (χ3n) is 10.9. The van der Waals surface area contributed by atoms with E-state index in [0.717, 1.165) is 36.7 Å². The standard InChI is InChI=1S/C48H40Cl2N10O7S3/c1-4-6-8-28(5-2)46(61)55-33-16-12-30(13-17-33)42-38(26-52)47(68-48(42)60-57-35-18-11-29-9-7-10-40(36(29)23-35)69(62,63)64)59-58-43-27(3)37(25-51)44(56-45(43)53-32-19-14-31(49)15-20-32)54-34-21-22-39(50)41(24-34)70(65,66)67/h7,9-24,28H,4-6,8H2,1-3H3,(H,55,61)(H2,53,54,56)(H,62,63,64)(H,65,66,67). The molecule has 17 nitrogen and oxygen atoms in total. The van der Waals surface area contributed by atoms with Gasteiger partial charge in [0.1, 0.15) is 38.2 Å². The van der Waals surface area contributed by atoms with Crippen LogP contribution < -0.4 is 16.0 Å². The summed E-state index contributed by atoms with van der Waals surface area (Å²) in [5.74, 6) is -0.216. The Bertz CT molecular complexity index is 3540. The molecule has 356 valence electrons. The Hall–Kier alpha value is -7.14. The molecule has 7 rings (SSSR count). The highest BCUT2D eigenvalue weighted by molar-refractivity contribution is 7.86. The number of azo groups is 2. The van der Waals surface area contributed by atoms with E-state index >= 15 is 0 Å². The number of nitriles is 2. The molecule has 0 radical (unpaired) electrons. The van der Waals surface area contributed by atoms with E-state index < -0.39 is 25.1 Å². The van der Waals surface area contributed by atoms with E-state index in [1.807, 2.05) is 6.92 Å². The first-order valence-electron chi connectivity index (χ1n) is 21.3. The Morgan fingerprint density at radius 3 is 2.07 bits per heavy atom. The minimum atomic E-state index is -4.72. The first kappa shape index (κ1) is 50.7. The lowest BCUT2D eigenvalue weighted by Gasteiger charge is -2.16. The number of aromatic nitrogens is 1. The summed E-state index contributed by atoms with van der Waals surface area (Å²) in [5.41, 5.74) is 2.58. The zero-order valence-corrected chi connectivity index (χ0v) is 41.2. The Morgan fingerprint density at radius 2 is 1.41 bits per heavy atom. The van der Waals surface area contributed by atoms with Crippen LogP contribution in [0.4, 0.5) is 50.1 Å². The lowest BCUT2D eigenvalue weighted by Crippen LogP contribution is -2.22. The highest BCUT2D eigenvalue weighted by atomic mass is 35.5. The van der Waals surface area contributed by atoms with Crippen LogP contribution in [0.25, 0.3) is 21.9 Å². The van der Waals surface area contributed by atoms with Crippen LogP contribution in [0.1, 0.15) is 56.2 Å². The second-order valence-corrected chi connectivity index (χ2v) is 20.2. The minimum Gasteiger partial charge on any atom is -0.339 e. The summed E-state index contributed by atoms with van der Waals surface area (Å²) in [6.07, 6.45) is 3.32. The second kappa shape index (κ2) is 21.7. The maximum absolute atomic E-state index is 13.2. The smallest absolute Gasteiger partial charge is 0.296 e. The second-order valence-electron chi connectivity index (χ2n) is 15.6. The van der Waals surface area contributed by atoms with Crippen LogP contribution in [0.5, 0.6) is 0 Å². The van der Waals surface area contributed by atoms with E-state index in [1.165, 1.54) is 30.3 Å². The number of rotatable bonds is 17. The largest absolute Gasteiger partial charge is 0.339 e. The molecule has 2 heterocycles. The molecule has 70 heavy (non-hydrogen) atoms. The molecule has 0 saturated heterocycles. The summed E-state index contributed by atoms with van der Waals surface area (Å²) in [6.45, 7) is 5.63. The van der Waals surface area contributed by atoms with Crippen LogP contribution in [-0.2, 0) is 25.0 Å². The number of carbonyl (C=O) groups is 1. The predicted molar refractivity (Wildman–Crippen MR) is 271 cm³/mol. The number of halogens is 2. The van der Waals surface area contributed by atoms with Gasteiger partial charge in [-0.05, 0) is 104 Å². The predicted octanol–water partition coefficient (Wildman–Crippen LogP) is 14.3. The van der Waals surface area contributed by atoms with Gasteiger partial charge in [0.2, 0.25) is 5.91 Å². The fraction of sp³-hybridized carbons (Fsp3) is 0.167. The number of unbranched alkanes of at least 4 members (excludes halogenated alkanes) is 1. The topological polar surface area (TPSA) is 272 Å². The van der Waals surface area contributed by atoms with Crippen molar-refractivity contribution in [1.29, 1.82) is 10.5 Å². The first-order chi connectivity index (χ1) is 33.4. The number of hydrogen-bond acceptors (Lipinski definition) is 15. The van der Waals surface area contributed by atoms with Crippen LogP contribution in [-0.4, -0.2) is 36.8 Å². The van der Waals surface area contributed by atoms with E-state index in [9.17, 15) is 41.3 Å². The molecule has 0 aliphatic heterocycles. The number of benzene rings is 5. The van der Waals surface area contributed by atoms with Crippen molar-refractivity contribution in [3.05, 3.63) is 130 Å². The highest BCUT2D eigenvalue weighted by Gasteiger charge is 2.24. The van der Waals surface area contributed by atoms with Crippen molar-refractivity contribution < 1.29 is 30.7 Å². The first-order valence-corrected chi connectivity index (χ1v) is 25.7. The number of nitrogens with zero attached hydrogens (tertiary/aromatic N) is 7. The van der Waals surface area contributed by atoms with Crippen LogP contribution in [0.15, 0.2) is 133 Å². The fourth-order valence-corrected chi connectivity index (χ4v) is 10.0. The molecule has 1 atom stereocenters. The lowest BCUT2D eigenvalue weighted by atomic mass is 9.98. The number of hydrogen-bond donors (Lipinski definition) is 5. The molecule has 0 aliphatic carbocycles. The molecule has 2 aromatic heterocycles. The molecular weight excluding hydrogens is 996 g/mol. The van der Waals surface area contributed by atoms with E-state index in [-0.39, 0.29) is 82.5 Å². The molecule has 1 unspecified atom stereocenters.